The molecule has 2 aromatic rings. The molecule has 0 fully saturated rings. The molecule has 0 bridgehead atoms. The fourth-order valence-corrected chi connectivity index (χ4v) is 2.42. The molecule has 9 heteroatoms. The Kier molecular flexibility index (Phi) is 3.53. The standard InChI is InChI=1S/C11H9N3O5S/c15-9-3-1-2-8(6-9)13-20(18,19)10-4-5-11(12-7-10)14(16)17/h1-7,13,15H. The molecule has 8 nitrogen and oxygen atoms in total. The van der Waals surface area contributed by atoms with Gasteiger partial charge in [0.1, 0.15) is 10.6 Å². The van der Waals surface area contributed by atoms with E-state index >= 15 is 0 Å². The third-order valence-electron chi connectivity index (χ3n) is 2.32. The highest BCUT2D eigenvalue weighted by Gasteiger charge is 2.18. The molecular formula is C11H9N3O5S. The van der Waals surface area contributed by atoms with Gasteiger partial charge < -0.3 is 15.2 Å². The van der Waals surface area contributed by atoms with Gasteiger partial charge in [0.2, 0.25) is 0 Å². The maximum Gasteiger partial charge on any atom is 0.363 e. The van der Waals surface area contributed by atoms with Crippen LogP contribution in [0.2, 0.25) is 0 Å². The molecule has 0 spiro atoms. The Hall–Kier alpha value is -2.68. The van der Waals surface area contributed by atoms with E-state index in [0.717, 1.165) is 18.3 Å². The summed E-state index contributed by atoms with van der Waals surface area (Å²) in [6.07, 6.45) is 0.892. The number of nitrogens with zero attached hydrogens (tertiary/aromatic N) is 2. The second-order valence-corrected chi connectivity index (χ2v) is 5.45. The predicted molar refractivity (Wildman–Crippen MR) is 69.8 cm³/mol. The molecule has 0 saturated heterocycles. The van der Waals surface area contributed by atoms with Gasteiger partial charge in [-0.1, -0.05) is 6.07 Å². The fourth-order valence-electron chi connectivity index (χ4n) is 1.42. The van der Waals surface area contributed by atoms with Crippen molar-refractivity contribution in [1.82, 2.24) is 4.98 Å². The monoisotopic (exact) mass is 295 g/mol. The highest BCUT2D eigenvalue weighted by atomic mass is 32.2. The molecule has 0 aliphatic rings. The Labute approximate surface area is 113 Å². The third kappa shape index (κ3) is 3.01. The topological polar surface area (TPSA) is 122 Å². The van der Waals surface area contributed by atoms with Gasteiger partial charge >= 0.3 is 5.82 Å². The molecule has 0 saturated carbocycles. The minimum Gasteiger partial charge on any atom is -0.508 e. The lowest BCUT2D eigenvalue weighted by Gasteiger charge is -2.06. The van der Waals surface area contributed by atoms with Gasteiger partial charge in [0.25, 0.3) is 10.0 Å². The number of pyridine rings is 1. The van der Waals surface area contributed by atoms with Gasteiger partial charge in [0.15, 0.2) is 6.20 Å². The summed E-state index contributed by atoms with van der Waals surface area (Å²) >= 11 is 0. The van der Waals surface area contributed by atoms with Crippen LogP contribution in [0.5, 0.6) is 5.75 Å². The number of anilines is 1. The molecule has 1 aromatic heterocycles. The Balaban J connectivity index is 2.28. The van der Waals surface area contributed by atoms with E-state index in [1.807, 2.05) is 0 Å². The number of phenols is 1. The van der Waals surface area contributed by atoms with Crippen molar-refractivity contribution in [3.8, 4) is 5.75 Å². The quantitative estimate of drug-likeness (QED) is 0.651. The summed E-state index contributed by atoms with van der Waals surface area (Å²) in [5, 5.41) is 19.7. The summed E-state index contributed by atoms with van der Waals surface area (Å²) < 4.78 is 26.2. The van der Waals surface area contributed by atoms with Gasteiger partial charge in [0.05, 0.1) is 5.69 Å². The normalized spacial score (nSPS) is 11.0. The molecule has 1 heterocycles. The van der Waals surface area contributed by atoms with Crippen LogP contribution in [0.15, 0.2) is 47.5 Å². The first-order valence-electron chi connectivity index (χ1n) is 5.31. The highest BCUT2D eigenvalue weighted by molar-refractivity contribution is 7.92. The van der Waals surface area contributed by atoms with Gasteiger partial charge in [-0.3, -0.25) is 4.72 Å². The van der Waals surface area contributed by atoms with Gasteiger partial charge in [0, 0.05) is 12.1 Å². The molecule has 0 aliphatic carbocycles. The summed E-state index contributed by atoms with van der Waals surface area (Å²) in [7, 11) is -3.92. The van der Waals surface area contributed by atoms with E-state index < -0.39 is 20.8 Å². The molecule has 2 rings (SSSR count). The van der Waals surface area contributed by atoms with Gasteiger partial charge in [-0.2, -0.15) is 0 Å². The van der Waals surface area contributed by atoms with Crippen LogP contribution in [0.3, 0.4) is 0 Å². The van der Waals surface area contributed by atoms with Crippen molar-refractivity contribution in [2.45, 2.75) is 4.90 Å². The van der Waals surface area contributed by atoms with Crippen molar-refractivity contribution >= 4 is 21.5 Å². The van der Waals surface area contributed by atoms with Crippen LogP contribution in [-0.2, 0) is 10.0 Å². The number of rotatable bonds is 4. The zero-order chi connectivity index (χ0) is 14.8. The minimum atomic E-state index is -3.92. The smallest absolute Gasteiger partial charge is 0.363 e. The summed E-state index contributed by atoms with van der Waals surface area (Å²) in [6.45, 7) is 0. The summed E-state index contributed by atoms with van der Waals surface area (Å²) in [6, 6.07) is 7.63. The number of aromatic nitrogens is 1. The van der Waals surface area contributed by atoms with E-state index in [1.54, 1.807) is 0 Å². The second-order valence-electron chi connectivity index (χ2n) is 3.77. The number of hydrogen-bond acceptors (Lipinski definition) is 6. The van der Waals surface area contributed by atoms with Gasteiger partial charge in [-0.05, 0) is 28.1 Å². The molecule has 0 amide bonds. The number of phenolic OH excluding ortho intramolecular Hbond substituents is 1. The van der Waals surface area contributed by atoms with Crippen LogP contribution >= 0.6 is 0 Å². The average Bonchev–Trinajstić information content (AvgIpc) is 2.38. The molecule has 2 N–H and O–H groups in total. The van der Waals surface area contributed by atoms with Crippen molar-refractivity contribution in [3.63, 3.8) is 0 Å². The lowest BCUT2D eigenvalue weighted by Crippen LogP contribution is -2.13. The molecular weight excluding hydrogens is 286 g/mol. The lowest BCUT2D eigenvalue weighted by atomic mass is 10.3. The molecule has 0 aliphatic heterocycles. The van der Waals surface area contributed by atoms with Crippen LogP contribution in [0, 0.1) is 10.1 Å². The maximum absolute atomic E-state index is 12.0. The van der Waals surface area contributed by atoms with E-state index in [2.05, 4.69) is 9.71 Å². The van der Waals surface area contributed by atoms with Crippen molar-refractivity contribution < 1.29 is 18.4 Å². The van der Waals surface area contributed by atoms with Crippen LogP contribution in [0.1, 0.15) is 0 Å². The number of nitrogens with one attached hydrogen (secondary N) is 1. The lowest BCUT2D eigenvalue weighted by molar-refractivity contribution is -0.389. The minimum absolute atomic E-state index is 0.0907. The first kappa shape index (κ1) is 13.7. The van der Waals surface area contributed by atoms with Crippen LogP contribution in [-0.4, -0.2) is 23.4 Å². The van der Waals surface area contributed by atoms with E-state index in [-0.39, 0.29) is 16.3 Å². The summed E-state index contributed by atoms with van der Waals surface area (Å²) in [5.41, 5.74) is 0.170. The van der Waals surface area contributed by atoms with Gasteiger partial charge in [-0.15, -0.1) is 0 Å². The largest absolute Gasteiger partial charge is 0.508 e. The van der Waals surface area contributed by atoms with Crippen molar-refractivity contribution in [2.75, 3.05) is 4.72 Å². The van der Waals surface area contributed by atoms with E-state index in [1.165, 1.54) is 24.3 Å². The Morgan fingerprint density at radius 2 is 2.00 bits per heavy atom. The SMILES string of the molecule is O=[N+]([O-])c1ccc(S(=O)(=O)Nc2cccc(O)c2)cn1. The third-order valence-corrected chi connectivity index (χ3v) is 3.68. The molecule has 1 aromatic carbocycles. The zero-order valence-electron chi connectivity index (χ0n) is 9.92. The summed E-state index contributed by atoms with van der Waals surface area (Å²) in [5.74, 6) is -0.534. The Morgan fingerprint density at radius 3 is 2.55 bits per heavy atom. The number of sulfonamides is 1. The number of nitro groups is 1. The highest BCUT2D eigenvalue weighted by Crippen LogP contribution is 2.20. The Bertz CT molecular complexity index is 743. The Morgan fingerprint density at radius 1 is 1.25 bits per heavy atom. The molecule has 104 valence electrons. The molecule has 20 heavy (non-hydrogen) atoms. The maximum atomic E-state index is 12.0. The van der Waals surface area contributed by atoms with Crippen LogP contribution in [0.25, 0.3) is 0 Å². The van der Waals surface area contributed by atoms with Crippen LogP contribution in [0.4, 0.5) is 11.5 Å². The fraction of sp³-hybridized carbons (Fsp3) is 0. The molecule has 0 unspecified atom stereocenters. The number of benzene rings is 1. The van der Waals surface area contributed by atoms with Gasteiger partial charge in [-0.25, -0.2) is 8.42 Å². The van der Waals surface area contributed by atoms with E-state index in [4.69, 9.17) is 0 Å². The second kappa shape index (κ2) is 5.13. The first-order valence-corrected chi connectivity index (χ1v) is 6.79. The van der Waals surface area contributed by atoms with Crippen LogP contribution < -0.4 is 4.72 Å². The first-order chi connectivity index (χ1) is 9.38. The predicted octanol–water partition coefficient (Wildman–Crippen LogP) is 1.50. The average molecular weight is 295 g/mol. The van der Waals surface area contributed by atoms with Crippen molar-refractivity contribution in [3.05, 3.63) is 52.7 Å². The zero-order valence-corrected chi connectivity index (χ0v) is 10.7. The molecule has 0 radical (unpaired) electrons. The number of hydrogen-bond donors (Lipinski definition) is 2. The number of aromatic hydroxyl groups is 1. The van der Waals surface area contributed by atoms with E-state index in [9.17, 15) is 23.6 Å². The van der Waals surface area contributed by atoms with Crippen molar-refractivity contribution in [2.24, 2.45) is 0 Å². The van der Waals surface area contributed by atoms with Crippen molar-refractivity contribution in [1.29, 1.82) is 0 Å². The van der Waals surface area contributed by atoms with E-state index in [0.29, 0.717) is 0 Å². The summed E-state index contributed by atoms with van der Waals surface area (Å²) in [4.78, 5) is 12.9. The molecule has 0 atom stereocenters.